The summed E-state index contributed by atoms with van der Waals surface area (Å²) in [7, 11) is 0. The molecule has 0 spiro atoms. The average Bonchev–Trinajstić information content (AvgIpc) is 3.30. The number of rotatable bonds is 6. The van der Waals surface area contributed by atoms with Crippen LogP contribution in [0.25, 0.3) is 0 Å². The number of carbonyl (C=O) groups is 1. The summed E-state index contributed by atoms with van der Waals surface area (Å²) in [6.07, 6.45) is 3.82. The number of benzene rings is 1. The van der Waals surface area contributed by atoms with Crippen molar-refractivity contribution in [1.29, 1.82) is 0 Å². The van der Waals surface area contributed by atoms with Gasteiger partial charge in [-0.05, 0) is 25.3 Å². The predicted octanol–water partition coefficient (Wildman–Crippen LogP) is 3.98. The summed E-state index contributed by atoms with van der Waals surface area (Å²) in [5, 5.41) is 1.81. The van der Waals surface area contributed by atoms with E-state index in [-0.39, 0.29) is 11.8 Å². The van der Waals surface area contributed by atoms with Gasteiger partial charge < -0.3 is 9.64 Å². The molecule has 6 nitrogen and oxygen atoms in total. The molecule has 1 amide bonds. The number of amides is 1. The topological polar surface area (TPSA) is 68.2 Å². The Morgan fingerprint density at radius 2 is 2.10 bits per heavy atom. The van der Waals surface area contributed by atoms with Crippen LogP contribution in [0.5, 0.6) is 0 Å². The standard InChI is InChI=1S/C22H24N4O2S/c1-16-23-10-19(13-28-12-17-6-3-2-4-7-17)21(25-16)18-8-5-9-26(11-18)22(27)20-14-29-15-24-20/h2-4,6-7,10,14-15,18H,5,8-9,11-13H2,1H3. The molecular weight excluding hydrogens is 384 g/mol. The second-order valence-electron chi connectivity index (χ2n) is 7.27. The van der Waals surface area contributed by atoms with Gasteiger partial charge in [0.05, 0.1) is 24.4 Å². The maximum atomic E-state index is 12.7. The molecule has 1 atom stereocenters. The number of carbonyl (C=O) groups excluding carboxylic acids is 1. The Hall–Kier alpha value is -2.64. The quantitative estimate of drug-likeness (QED) is 0.617. The van der Waals surface area contributed by atoms with Gasteiger partial charge in [-0.15, -0.1) is 11.3 Å². The summed E-state index contributed by atoms with van der Waals surface area (Å²) in [6, 6.07) is 10.1. The highest BCUT2D eigenvalue weighted by Gasteiger charge is 2.28. The Labute approximate surface area is 174 Å². The zero-order chi connectivity index (χ0) is 20.1. The Balaban J connectivity index is 1.46. The van der Waals surface area contributed by atoms with Gasteiger partial charge in [0.15, 0.2) is 0 Å². The van der Waals surface area contributed by atoms with E-state index in [1.54, 1.807) is 5.51 Å². The third-order valence-corrected chi connectivity index (χ3v) is 5.72. The van der Waals surface area contributed by atoms with Crippen LogP contribution in [0.1, 0.15) is 51.9 Å². The molecule has 0 N–H and O–H groups in total. The highest BCUT2D eigenvalue weighted by molar-refractivity contribution is 7.07. The molecule has 3 heterocycles. The largest absolute Gasteiger partial charge is 0.372 e. The predicted molar refractivity (Wildman–Crippen MR) is 112 cm³/mol. The monoisotopic (exact) mass is 408 g/mol. The first-order valence-corrected chi connectivity index (χ1v) is 10.8. The van der Waals surface area contributed by atoms with E-state index in [4.69, 9.17) is 9.72 Å². The minimum atomic E-state index is 0.00334. The first-order valence-electron chi connectivity index (χ1n) is 9.82. The lowest BCUT2D eigenvalue weighted by Crippen LogP contribution is -2.39. The molecule has 0 radical (unpaired) electrons. The van der Waals surface area contributed by atoms with E-state index in [2.05, 4.69) is 22.1 Å². The molecule has 1 aromatic carbocycles. The molecule has 7 heteroatoms. The van der Waals surface area contributed by atoms with Gasteiger partial charge in [-0.1, -0.05) is 30.3 Å². The lowest BCUT2D eigenvalue weighted by molar-refractivity contribution is 0.0698. The molecule has 1 fully saturated rings. The third-order valence-electron chi connectivity index (χ3n) is 5.13. The second-order valence-corrected chi connectivity index (χ2v) is 7.99. The Morgan fingerprint density at radius 3 is 2.90 bits per heavy atom. The highest BCUT2D eigenvalue weighted by atomic mass is 32.1. The van der Waals surface area contributed by atoms with Crippen molar-refractivity contribution in [1.82, 2.24) is 19.9 Å². The lowest BCUT2D eigenvalue weighted by atomic mass is 9.92. The maximum absolute atomic E-state index is 12.7. The summed E-state index contributed by atoms with van der Waals surface area (Å²) in [5.41, 5.74) is 5.37. The summed E-state index contributed by atoms with van der Waals surface area (Å²) >= 11 is 1.44. The molecule has 4 rings (SSSR count). The number of hydrogen-bond acceptors (Lipinski definition) is 6. The van der Waals surface area contributed by atoms with Crippen LogP contribution in [0.4, 0.5) is 0 Å². The van der Waals surface area contributed by atoms with E-state index < -0.39 is 0 Å². The van der Waals surface area contributed by atoms with Crippen molar-refractivity contribution in [3.05, 3.63) is 75.8 Å². The summed E-state index contributed by atoms with van der Waals surface area (Å²) in [6.45, 7) is 4.32. The van der Waals surface area contributed by atoms with Crippen LogP contribution >= 0.6 is 11.3 Å². The van der Waals surface area contributed by atoms with Gasteiger partial charge in [0.2, 0.25) is 0 Å². The second kappa shape index (κ2) is 9.24. The summed E-state index contributed by atoms with van der Waals surface area (Å²) in [5.74, 6) is 0.932. The van der Waals surface area contributed by atoms with Crippen molar-refractivity contribution in [3.8, 4) is 0 Å². The van der Waals surface area contributed by atoms with E-state index >= 15 is 0 Å². The zero-order valence-electron chi connectivity index (χ0n) is 16.5. The molecule has 0 bridgehead atoms. The van der Waals surface area contributed by atoms with Crippen molar-refractivity contribution >= 4 is 17.2 Å². The maximum Gasteiger partial charge on any atom is 0.273 e. The van der Waals surface area contributed by atoms with Crippen LogP contribution in [0, 0.1) is 6.92 Å². The smallest absolute Gasteiger partial charge is 0.273 e. The van der Waals surface area contributed by atoms with Gasteiger partial charge in [-0.25, -0.2) is 15.0 Å². The molecule has 0 saturated carbocycles. The van der Waals surface area contributed by atoms with E-state index in [0.717, 1.165) is 42.0 Å². The van der Waals surface area contributed by atoms with Crippen molar-refractivity contribution in [2.75, 3.05) is 13.1 Å². The van der Waals surface area contributed by atoms with Crippen LogP contribution in [0.3, 0.4) is 0 Å². The molecule has 150 valence electrons. The van der Waals surface area contributed by atoms with Crippen molar-refractivity contribution in [2.24, 2.45) is 0 Å². The number of aromatic nitrogens is 3. The minimum Gasteiger partial charge on any atom is -0.372 e. The van der Waals surface area contributed by atoms with Crippen molar-refractivity contribution in [3.63, 3.8) is 0 Å². The van der Waals surface area contributed by atoms with Crippen LogP contribution in [0.2, 0.25) is 0 Å². The fourth-order valence-corrected chi connectivity index (χ4v) is 4.22. The first kappa shape index (κ1) is 19.7. The fourth-order valence-electron chi connectivity index (χ4n) is 3.70. The first-order chi connectivity index (χ1) is 14.2. The Kier molecular flexibility index (Phi) is 6.27. The SMILES string of the molecule is Cc1ncc(COCc2ccccc2)c(C2CCCN(C(=O)c3cscn3)C2)n1. The zero-order valence-corrected chi connectivity index (χ0v) is 17.3. The summed E-state index contributed by atoms with van der Waals surface area (Å²) in [4.78, 5) is 27.9. The number of piperidine rings is 1. The Bertz CT molecular complexity index is 947. The van der Waals surface area contributed by atoms with Crippen LogP contribution in [0.15, 0.2) is 47.4 Å². The van der Waals surface area contributed by atoms with Crippen molar-refractivity contribution in [2.45, 2.75) is 38.9 Å². The minimum absolute atomic E-state index is 0.00334. The van der Waals surface area contributed by atoms with Gasteiger partial charge in [0, 0.05) is 36.1 Å². The van der Waals surface area contributed by atoms with Gasteiger partial charge >= 0.3 is 0 Å². The molecule has 0 aliphatic carbocycles. The normalized spacial score (nSPS) is 16.7. The van der Waals surface area contributed by atoms with E-state index in [0.29, 0.717) is 25.5 Å². The number of likely N-dealkylation sites (tertiary alicyclic amines) is 1. The lowest BCUT2D eigenvalue weighted by Gasteiger charge is -2.33. The molecule has 1 aliphatic rings. The number of thiazole rings is 1. The molecule has 1 unspecified atom stereocenters. The van der Waals surface area contributed by atoms with E-state index in [1.165, 1.54) is 11.3 Å². The van der Waals surface area contributed by atoms with E-state index in [1.807, 2.05) is 41.6 Å². The number of hydrogen-bond donors (Lipinski definition) is 0. The van der Waals surface area contributed by atoms with Gasteiger partial charge in [0.1, 0.15) is 11.5 Å². The molecule has 1 saturated heterocycles. The molecule has 1 aliphatic heterocycles. The molecule has 29 heavy (non-hydrogen) atoms. The summed E-state index contributed by atoms with van der Waals surface area (Å²) < 4.78 is 5.94. The molecule has 3 aromatic rings. The average molecular weight is 409 g/mol. The van der Waals surface area contributed by atoms with Crippen LogP contribution in [-0.2, 0) is 18.0 Å². The third kappa shape index (κ3) is 4.86. The molecular formula is C22H24N4O2S. The fraction of sp³-hybridized carbons (Fsp3) is 0.364. The number of ether oxygens (including phenoxy) is 1. The molecule has 2 aromatic heterocycles. The van der Waals surface area contributed by atoms with E-state index in [9.17, 15) is 4.79 Å². The van der Waals surface area contributed by atoms with Gasteiger partial charge in [-0.2, -0.15) is 0 Å². The van der Waals surface area contributed by atoms with Gasteiger partial charge in [0.25, 0.3) is 5.91 Å². The van der Waals surface area contributed by atoms with Crippen molar-refractivity contribution < 1.29 is 9.53 Å². The van der Waals surface area contributed by atoms with Crippen LogP contribution in [-0.4, -0.2) is 38.8 Å². The Morgan fingerprint density at radius 1 is 1.24 bits per heavy atom. The van der Waals surface area contributed by atoms with Crippen LogP contribution < -0.4 is 0 Å². The van der Waals surface area contributed by atoms with Gasteiger partial charge in [-0.3, -0.25) is 4.79 Å². The number of nitrogens with zero attached hydrogens (tertiary/aromatic N) is 4. The highest BCUT2D eigenvalue weighted by Crippen LogP contribution is 2.29. The number of aryl methyl sites for hydroxylation is 1.